The van der Waals surface area contributed by atoms with Crippen molar-refractivity contribution in [2.75, 3.05) is 0 Å². The highest BCUT2D eigenvalue weighted by Gasteiger charge is 2.40. The van der Waals surface area contributed by atoms with Gasteiger partial charge in [-0.3, -0.25) is 0 Å². The van der Waals surface area contributed by atoms with E-state index in [0.717, 1.165) is 0 Å². The van der Waals surface area contributed by atoms with Gasteiger partial charge in [-0.05, 0) is 44.3 Å². The monoisotopic (exact) mass is 310 g/mol. The molecule has 0 N–H and O–H groups in total. The average molecular weight is 311 g/mol. The van der Waals surface area contributed by atoms with E-state index in [-0.39, 0.29) is 5.97 Å². The number of rotatable bonds is 5. The molecule has 0 rings (SSSR count). The van der Waals surface area contributed by atoms with Crippen LogP contribution in [0.4, 0.5) is 0 Å². The molecule has 0 saturated carbocycles. The van der Waals surface area contributed by atoms with Crippen molar-refractivity contribution in [3.05, 3.63) is 17.0 Å². The fourth-order valence-corrected chi connectivity index (χ4v) is 8.61. The number of hydrogen-bond donors (Lipinski definition) is 0. The SMILES string of the molecule is CC(=C=C[Si](C(C)C)(C(C)C)C(C)C)C(=O)OC(C)(C)C. The summed E-state index contributed by atoms with van der Waals surface area (Å²) in [6, 6.07) is 0. The van der Waals surface area contributed by atoms with Crippen molar-refractivity contribution in [3.63, 3.8) is 0 Å². The lowest BCUT2D eigenvalue weighted by molar-refractivity contribution is -0.149. The first-order valence-corrected chi connectivity index (χ1v) is 10.3. The summed E-state index contributed by atoms with van der Waals surface area (Å²) < 4.78 is 5.40. The van der Waals surface area contributed by atoms with Crippen LogP contribution in [0.5, 0.6) is 0 Å². The predicted molar refractivity (Wildman–Crippen MR) is 94.2 cm³/mol. The highest BCUT2D eigenvalue weighted by atomic mass is 28.3. The molecule has 0 aromatic rings. The van der Waals surface area contributed by atoms with Crippen LogP contribution in [0.1, 0.15) is 69.2 Å². The highest BCUT2D eigenvalue weighted by molar-refractivity contribution is 6.87. The second-order valence-corrected chi connectivity index (χ2v) is 13.6. The van der Waals surface area contributed by atoms with E-state index in [4.69, 9.17) is 4.74 Å². The second kappa shape index (κ2) is 7.46. The van der Waals surface area contributed by atoms with Gasteiger partial charge < -0.3 is 4.74 Å². The lowest BCUT2D eigenvalue weighted by Crippen LogP contribution is -2.42. The van der Waals surface area contributed by atoms with E-state index in [1.54, 1.807) is 6.92 Å². The van der Waals surface area contributed by atoms with Crippen LogP contribution in [0, 0.1) is 0 Å². The van der Waals surface area contributed by atoms with E-state index >= 15 is 0 Å². The molecule has 0 aromatic heterocycles. The number of carbonyl (C=O) groups excluding carboxylic acids is 1. The molecule has 0 aliphatic rings. The minimum atomic E-state index is -1.66. The van der Waals surface area contributed by atoms with Gasteiger partial charge in [-0.2, -0.15) is 0 Å². The zero-order valence-corrected chi connectivity index (χ0v) is 16.6. The van der Waals surface area contributed by atoms with Crippen molar-refractivity contribution in [3.8, 4) is 0 Å². The van der Waals surface area contributed by atoms with E-state index in [0.29, 0.717) is 22.2 Å². The first-order valence-electron chi connectivity index (χ1n) is 8.02. The summed E-state index contributed by atoms with van der Waals surface area (Å²) in [5.41, 5.74) is 7.49. The number of ether oxygens (including phenoxy) is 1. The summed E-state index contributed by atoms with van der Waals surface area (Å²) in [6.45, 7) is 21.2. The van der Waals surface area contributed by atoms with Crippen LogP contribution in [0.3, 0.4) is 0 Å². The normalized spacial score (nSPS) is 12.6. The largest absolute Gasteiger partial charge is 0.456 e. The third-order valence-corrected chi connectivity index (χ3v) is 10.9. The molecule has 0 unspecified atom stereocenters. The summed E-state index contributed by atoms with van der Waals surface area (Å²) in [7, 11) is -1.66. The minimum Gasteiger partial charge on any atom is -0.456 e. The van der Waals surface area contributed by atoms with Crippen LogP contribution in [0.25, 0.3) is 0 Å². The van der Waals surface area contributed by atoms with Gasteiger partial charge in [0.2, 0.25) is 0 Å². The Bertz CT molecular complexity index is 397. The Hall–Kier alpha value is -0.793. The molecule has 21 heavy (non-hydrogen) atoms. The Morgan fingerprint density at radius 3 is 1.67 bits per heavy atom. The summed E-state index contributed by atoms with van der Waals surface area (Å²) in [5, 5.41) is 0. The van der Waals surface area contributed by atoms with Crippen LogP contribution in [-0.2, 0) is 9.53 Å². The first kappa shape index (κ1) is 20.2. The van der Waals surface area contributed by atoms with Gasteiger partial charge in [0.25, 0.3) is 0 Å². The van der Waals surface area contributed by atoms with Crippen LogP contribution in [0.2, 0.25) is 16.6 Å². The average Bonchev–Trinajstić information content (AvgIpc) is 2.25. The standard InChI is InChI=1S/C18H34O2Si/c1-13(2)21(14(3)4,15(5)6)12-11-16(7)17(19)20-18(8,9)10/h12-15H,1-10H3. The topological polar surface area (TPSA) is 26.3 Å². The van der Waals surface area contributed by atoms with Crippen LogP contribution >= 0.6 is 0 Å². The van der Waals surface area contributed by atoms with Gasteiger partial charge in [-0.25, -0.2) is 4.79 Å². The Morgan fingerprint density at radius 1 is 1.00 bits per heavy atom. The van der Waals surface area contributed by atoms with Crippen molar-refractivity contribution >= 4 is 14.0 Å². The van der Waals surface area contributed by atoms with Crippen LogP contribution in [-0.4, -0.2) is 19.6 Å². The van der Waals surface area contributed by atoms with Crippen LogP contribution in [0.15, 0.2) is 17.0 Å². The molecule has 0 aliphatic carbocycles. The van der Waals surface area contributed by atoms with Crippen molar-refractivity contribution in [1.82, 2.24) is 0 Å². The van der Waals surface area contributed by atoms with Gasteiger partial charge in [-0.1, -0.05) is 47.2 Å². The summed E-state index contributed by atoms with van der Waals surface area (Å²) >= 11 is 0. The van der Waals surface area contributed by atoms with E-state index < -0.39 is 13.7 Å². The maximum atomic E-state index is 12.1. The minimum absolute atomic E-state index is 0.266. The first-order chi connectivity index (χ1) is 9.34. The third-order valence-electron chi connectivity index (χ3n) is 4.24. The van der Waals surface area contributed by atoms with Gasteiger partial charge in [0.15, 0.2) is 0 Å². The van der Waals surface area contributed by atoms with E-state index in [9.17, 15) is 4.79 Å². The molecule has 0 radical (unpaired) electrons. The Labute approximate surface area is 132 Å². The van der Waals surface area contributed by atoms with Gasteiger partial charge in [0, 0.05) is 0 Å². The van der Waals surface area contributed by atoms with Crippen molar-refractivity contribution in [2.24, 2.45) is 0 Å². The second-order valence-electron chi connectivity index (χ2n) is 7.88. The van der Waals surface area contributed by atoms with Crippen molar-refractivity contribution in [1.29, 1.82) is 0 Å². The molecule has 0 fully saturated rings. The van der Waals surface area contributed by atoms with E-state index in [1.165, 1.54) is 0 Å². The maximum absolute atomic E-state index is 12.1. The molecule has 0 bridgehead atoms. The van der Waals surface area contributed by atoms with E-state index in [2.05, 4.69) is 53.0 Å². The van der Waals surface area contributed by atoms with Crippen LogP contribution < -0.4 is 0 Å². The van der Waals surface area contributed by atoms with Crippen molar-refractivity contribution in [2.45, 2.75) is 91.5 Å². The molecule has 2 nitrogen and oxygen atoms in total. The Balaban J connectivity index is 5.61. The quantitative estimate of drug-likeness (QED) is 0.284. The molecule has 0 spiro atoms. The van der Waals surface area contributed by atoms with Gasteiger partial charge in [-0.15, -0.1) is 5.73 Å². The molecule has 0 atom stereocenters. The molecular weight excluding hydrogens is 276 g/mol. The summed E-state index contributed by atoms with van der Waals surface area (Å²) in [5.74, 6) is -0.266. The predicted octanol–water partition coefficient (Wildman–Crippen LogP) is 5.65. The molecule has 3 heteroatoms. The molecule has 0 saturated heterocycles. The van der Waals surface area contributed by atoms with Gasteiger partial charge in [0.1, 0.15) is 5.60 Å². The molecule has 122 valence electrons. The lowest BCUT2D eigenvalue weighted by Gasteiger charge is -2.39. The molecule has 0 heterocycles. The molecule has 0 aliphatic heterocycles. The molecule has 0 amide bonds. The fraction of sp³-hybridized carbons (Fsp3) is 0.778. The maximum Gasteiger partial charge on any atom is 0.342 e. The highest BCUT2D eigenvalue weighted by Crippen LogP contribution is 2.42. The lowest BCUT2D eigenvalue weighted by atomic mass is 10.2. The summed E-state index contributed by atoms with van der Waals surface area (Å²) in [6.07, 6.45) is 0. The zero-order valence-electron chi connectivity index (χ0n) is 15.6. The summed E-state index contributed by atoms with van der Waals surface area (Å²) in [4.78, 5) is 12.1. The Kier molecular flexibility index (Phi) is 7.18. The van der Waals surface area contributed by atoms with E-state index in [1.807, 2.05) is 20.8 Å². The smallest absolute Gasteiger partial charge is 0.342 e. The fourth-order valence-electron chi connectivity index (χ4n) is 3.15. The van der Waals surface area contributed by atoms with Gasteiger partial charge >= 0.3 is 5.97 Å². The third kappa shape index (κ3) is 5.48. The number of esters is 1. The molecular formula is C18H34O2Si. The van der Waals surface area contributed by atoms with Gasteiger partial charge in [0.05, 0.1) is 13.6 Å². The number of hydrogen-bond acceptors (Lipinski definition) is 2. The number of carbonyl (C=O) groups is 1. The Morgan fingerprint density at radius 2 is 1.38 bits per heavy atom. The van der Waals surface area contributed by atoms with Crippen molar-refractivity contribution < 1.29 is 9.53 Å². The zero-order chi connectivity index (χ0) is 17.0. The molecule has 0 aromatic carbocycles.